The third kappa shape index (κ3) is 1.47. The topological polar surface area (TPSA) is 32.6 Å². The predicted molar refractivity (Wildman–Crippen MR) is 16.0 cm³/mol. The van der Waals surface area contributed by atoms with Crippen LogP contribution in [0, 0.1) is 0 Å². The maximum absolute atomic E-state index is 6.46. The summed E-state index contributed by atoms with van der Waals surface area (Å²) in [5.74, 6) is 0. The molecule has 4 heavy (non-hydrogen) atoms. The molecular formula is C2H5NO. The van der Waals surface area contributed by atoms with Crippen LogP contribution < -0.4 is 0 Å². The van der Waals surface area contributed by atoms with Crippen molar-refractivity contribution in [2.24, 2.45) is 5.16 Å². The van der Waals surface area contributed by atoms with E-state index in [1.807, 2.05) is 0 Å². The normalized spacial score (nSPS) is 26.0. The van der Waals surface area contributed by atoms with Crippen LogP contribution in [0.3, 0.4) is 0 Å². The SMILES string of the molecule is [2H]O/N=C/C([2H])([2H])[2H]. The zero-order chi connectivity index (χ0) is 6.62. The highest BCUT2D eigenvalue weighted by Crippen LogP contribution is 1.38. The lowest BCUT2D eigenvalue weighted by Crippen LogP contribution is -1.49. The molecule has 0 aliphatic carbocycles. The minimum absolute atomic E-state index is 0.583. The molecule has 0 rings (SSSR count). The molecule has 1 N–H and O–H groups in total. The van der Waals surface area contributed by atoms with Crippen molar-refractivity contribution in [3.05, 3.63) is 0 Å². The first kappa shape index (κ1) is 0.506. The molecule has 0 unspecified atom stereocenters. The molecular weight excluding hydrogens is 54.0 g/mol. The molecule has 0 aliphatic heterocycles. The van der Waals surface area contributed by atoms with Crippen LogP contribution in [-0.4, -0.2) is 11.4 Å². The summed E-state index contributed by atoms with van der Waals surface area (Å²) in [6.07, 6.45) is 0.583. The number of oxime groups is 1. The molecule has 2 heteroatoms. The Labute approximate surface area is 30.5 Å². The molecule has 0 heterocycles. The van der Waals surface area contributed by atoms with Gasteiger partial charge in [-0.25, -0.2) is 0 Å². The van der Waals surface area contributed by atoms with E-state index in [0.29, 0.717) is 6.21 Å². The Hall–Kier alpha value is -0.530. The van der Waals surface area contributed by atoms with Crippen LogP contribution in [0.1, 0.15) is 11.0 Å². The van der Waals surface area contributed by atoms with Gasteiger partial charge in [-0.05, 0) is 6.85 Å². The van der Waals surface area contributed by atoms with Gasteiger partial charge in [0.25, 0.3) is 0 Å². The van der Waals surface area contributed by atoms with Gasteiger partial charge in [-0.2, -0.15) is 0 Å². The van der Waals surface area contributed by atoms with Gasteiger partial charge in [-0.3, -0.25) is 0 Å². The highest BCUT2D eigenvalue weighted by Gasteiger charge is 1.34. The third-order valence-electron chi connectivity index (χ3n) is 0.0527. The Morgan fingerprint density at radius 2 is 3.75 bits per heavy atom. The van der Waals surface area contributed by atoms with Crippen LogP contribution in [0.25, 0.3) is 0 Å². The fourth-order valence-electron chi connectivity index (χ4n) is 0. The summed E-state index contributed by atoms with van der Waals surface area (Å²) in [6, 6.07) is 0. The lowest BCUT2D eigenvalue weighted by Gasteiger charge is -1.54. The minimum Gasteiger partial charge on any atom is -0.411 e. The van der Waals surface area contributed by atoms with Gasteiger partial charge < -0.3 is 5.21 Å². The summed E-state index contributed by atoms with van der Waals surface area (Å²) in [5, 5.41) is 6.10. The second kappa shape index (κ2) is 2.47. The van der Waals surface area contributed by atoms with E-state index in [4.69, 9.17) is 5.54 Å². The Kier molecular flexibility index (Phi) is 0.312. The number of rotatable bonds is 1. The number of nitrogens with zero attached hydrogens (tertiary/aromatic N) is 1. The molecule has 0 aromatic rings. The second-order valence-corrected chi connectivity index (χ2v) is 0.235. The van der Waals surface area contributed by atoms with Crippen LogP contribution in [0.5, 0.6) is 0 Å². The quantitative estimate of drug-likeness (QED) is 0.268. The van der Waals surface area contributed by atoms with Crippen LogP contribution >= 0.6 is 0 Å². The zero-order valence-corrected chi connectivity index (χ0v) is 1.93. The molecule has 0 saturated heterocycles. The Balaban J connectivity index is 3.52. The first-order valence-corrected chi connectivity index (χ1v) is 0.729. The summed E-state index contributed by atoms with van der Waals surface area (Å²) < 4.78 is 25.3. The average molecular weight is 63.1 g/mol. The molecule has 0 atom stereocenters. The molecule has 0 radical (unpaired) electrons. The van der Waals surface area contributed by atoms with Gasteiger partial charge >= 0.3 is 1.43 Å². The van der Waals surface area contributed by atoms with Gasteiger partial charge in [0.1, 0.15) is 0 Å². The molecule has 0 amide bonds. The van der Waals surface area contributed by atoms with Gasteiger partial charge in [0.05, 0.1) is 0 Å². The fourth-order valence-corrected chi connectivity index (χ4v) is 0. The third-order valence-corrected chi connectivity index (χ3v) is 0.0527. The van der Waals surface area contributed by atoms with E-state index < -0.39 is 6.85 Å². The maximum atomic E-state index is 6.46. The molecule has 0 aromatic heterocycles. The van der Waals surface area contributed by atoms with Crippen molar-refractivity contribution in [2.75, 3.05) is 0 Å². The van der Waals surface area contributed by atoms with Gasteiger partial charge in [0.2, 0.25) is 0 Å². The van der Waals surface area contributed by atoms with Gasteiger partial charge in [-0.15, -0.1) is 5.16 Å². The molecule has 0 spiro atoms. The maximum Gasteiger partial charge on any atom is 0.330 e. The van der Waals surface area contributed by atoms with E-state index in [2.05, 4.69) is 10.4 Å². The van der Waals surface area contributed by atoms with Crippen molar-refractivity contribution in [1.29, 1.82) is 0 Å². The Morgan fingerprint density at radius 1 is 2.75 bits per heavy atom. The lowest BCUT2D eigenvalue weighted by atomic mass is 10.9. The summed E-state index contributed by atoms with van der Waals surface area (Å²) in [6.45, 7) is -2.24. The molecule has 0 aliphatic rings. The van der Waals surface area contributed by atoms with Gasteiger partial charge in [0.15, 0.2) is 0 Å². The van der Waals surface area contributed by atoms with Gasteiger partial charge in [0, 0.05) is 10.3 Å². The predicted octanol–water partition coefficient (Wildman–Crippen LogP) is 0.466. The van der Waals surface area contributed by atoms with Crippen molar-refractivity contribution >= 4 is 6.21 Å². The van der Waals surface area contributed by atoms with Gasteiger partial charge in [-0.1, -0.05) is 0 Å². The lowest BCUT2D eigenvalue weighted by molar-refractivity contribution is 0.321. The van der Waals surface area contributed by atoms with Crippen molar-refractivity contribution in [3.8, 4) is 0 Å². The summed E-state index contributed by atoms with van der Waals surface area (Å²) in [4.78, 5) is 0. The molecule has 0 aromatic carbocycles. The van der Waals surface area contributed by atoms with E-state index in [-0.39, 0.29) is 0 Å². The molecule has 0 fully saturated rings. The largest absolute Gasteiger partial charge is 0.411 e. The van der Waals surface area contributed by atoms with Crippen molar-refractivity contribution in [2.45, 2.75) is 6.85 Å². The van der Waals surface area contributed by atoms with E-state index >= 15 is 0 Å². The van der Waals surface area contributed by atoms with Crippen LogP contribution in [-0.2, 0) is 0 Å². The summed E-state index contributed by atoms with van der Waals surface area (Å²) in [5.41, 5.74) is 0. The van der Waals surface area contributed by atoms with E-state index in [9.17, 15) is 0 Å². The first-order chi connectivity index (χ1) is 3.56. The molecule has 2 nitrogen and oxygen atoms in total. The highest BCUT2D eigenvalue weighted by molar-refractivity contribution is 5.51. The molecule has 24 valence electrons. The zero-order valence-electron chi connectivity index (χ0n) is 5.93. The van der Waals surface area contributed by atoms with Crippen molar-refractivity contribution in [1.82, 2.24) is 0 Å². The van der Waals surface area contributed by atoms with E-state index in [1.165, 1.54) is 0 Å². The Bertz CT molecular complexity index is 86.5. The Morgan fingerprint density at radius 3 is 4.00 bits per heavy atom. The summed E-state index contributed by atoms with van der Waals surface area (Å²) >= 11 is 0. The van der Waals surface area contributed by atoms with Crippen molar-refractivity contribution < 1.29 is 10.8 Å². The smallest absolute Gasteiger partial charge is 0.330 e. The monoisotopic (exact) mass is 63.1 g/mol. The van der Waals surface area contributed by atoms with Crippen LogP contribution in [0.4, 0.5) is 0 Å². The van der Waals surface area contributed by atoms with E-state index in [0.717, 1.165) is 0 Å². The second-order valence-electron chi connectivity index (χ2n) is 0.235. The number of hydrogen-bond acceptors (Lipinski definition) is 2. The summed E-state index contributed by atoms with van der Waals surface area (Å²) in [7, 11) is 0. The van der Waals surface area contributed by atoms with E-state index in [1.54, 1.807) is 0 Å². The molecule has 0 saturated carbocycles. The van der Waals surface area contributed by atoms with Crippen molar-refractivity contribution in [3.63, 3.8) is 0 Å². The molecule has 0 bridgehead atoms. The minimum atomic E-state index is -2.24. The number of hydrogen-bond donors (Lipinski definition) is 1. The highest BCUT2D eigenvalue weighted by atomic mass is 16.4. The van der Waals surface area contributed by atoms with Crippen LogP contribution in [0.2, 0.25) is 1.43 Å². The van der Waals surface area contributed by atoms with Crippen LogP contribution in [0.15, 0.2) is 5.16 Å². The first-order valence-electron chi connectivity index (χ1n) is 2.64. The average Bonchev–Trinajstić information content (AvgIpc) is 1.59. The fraction of sp³-hybridized carbons (Fsp3) is 0.500. The standard InChI is InChI=1S/C2H5NO/c1-2-3-4/h2,4H,1H3/b3-2+/i1D3/hD.